The van der Waals surface area contributed by atoms with Crippen LogP contribution >= 0.6 is 0 Å². The summed E-state index contributed by atoms with van der Waals surface area (Å²) in [5, 5.41) is 0. The van der Waals surface area contributed by atoms with E-state index in [4.69, 9.17) is 4.98 Å². The van der Waals surface area contributed by atoms with E-state index in [1.54, 1.807) is 6.07 Å². The first-order valence-corrected chi connectivity index (χ1v) is 10.2. The molecule has 0 bridgehead atoms. The molecule has 1 aromatic carbocycles. The lowest BCUT2D eigenvalue weighted by molar-refractivity contribution is 0.385. The van der Waals surface area contributed by atoms with Crippen LogP contribution in [0.1, 0.15) is 97.7 Å². The lowest BCUT2D eigenvalue weighted by Crippen LogP contribution is -2.23. The summed E-state index contributed by atoms with van der Waals surface area (Å²) in [6.45, 7) is 12.9. The van der Waals surface area contributed by atoms with Crippen LogP contribution < -0.4 is 0 Å². The molecule has 0 radical (unpaired) electrons. The van der Waals surface area contributed by atoms with Gasteiger partial charge < -0.3 is 0 Å². The molecule has 2 nitrogen and oxygen atoms in total. The van der Waals surface area contributed by atoms with Crippen LogP contribution in [-0.4, -0.2) is 9.97 Å². The van der Waals surface area contributed by atoms with Crippen LogP contribution in [0.15, 0.2) is 18.3 Å². The zero-order valence-corrected chi connectivity index (χ0v) is 17.5. The maximum Gasteiger partial charge on any atom is 0.129 e. The van der Waals surface area contributed by atoms with Gasteiger partial charge in [-0.05, 0) is 36.3 Å². The molecule has 0 aliphatic rings. The SMILES string of the molecule is CCCCCCC(C)(CC)c1cnc2cc(C(C)(C)CC)c(F)cc2n1. The Balaban J connectivity index is 2.37. The van der Waals surface area contributed by atoms with Gasteiger partial charge >= 0.3 is 0 Å². The molecular weight excluding hydrogens is 323 g/mol. The van der Waals surface area contributed by atoms with Crippen molar-refractivity contribution in [2.24, 2.45) is 0 Å². The van der Waals surface area contributed by atoms with Crippen molar-refractivity contribution in [2.75, 3.05) is 0 Å². The number of hydrogen-bond acceptors (Lipinski definition) is 2. The number of unbranched alkanes of at least 4 members (excludes halogenated alkanes) is 3. The Morgan fingerprint density at radius 3 is 2.27 bits per heavy atom. The molecule has 3 heteroatoms. The topological polar surface area (TPSA) is 25.8 Å². The highest BCUT2D eigenvalue weighted by molar-refractivity contribution is 5.75. The van der Waals surface area contributed by atoms with E-state index >= 15 is 0 Å². The second-order valence-electron chi connectivity index (χ2n) is 8.54. The molecule has 2 rings (SSSR count). The van der Waals surface area contributed by atoms with E-state index in [1.807, 2.05) is 12.3 Å². The van der Waals surface area contributed by atoms with Gasteiger partial charge in [0, 0.05) is 17.7 Å². The van der Waals surface area contributed by atoms with Gasteiger partial charge in [-0.2, -0.15) is 0 Å². The predicted molar refractivity (Wildman–Crippen MR) is 109 cm³/mol. The van der Waals surface area contributed by atoms with Crippen LogP contribution in [0, 0.1) is 5.82 Å². The standard InChI is InChI=1S/C23H35FN2/c1-7-10-11-12-13-23(6,9-3)21-16-25-19-14-17(22(4,5)8-2)18(24)15-20(19)26-21/h14-16H,7-13H2,1-6H3. The third-order valence-electron chi connectivity index (χ3n) is 6.22. The van der Waals surface area contributed by atoms with E-state index in [-0.39, 0.29) is 16.6 Å². The molecule has 0 aliphatic heterocycles. The van der Waals surface area contributed by atoms with Gasteiger partial charge in [0.05, 0.1) is 16.7 Å². The molecule has 0 saturated carbocycles. The van der Waals surface area contributed by atoms with E-state index in [2.05, 4.69) is 46.5 Å². The van der Waals surface area contributed by atoms with Gasteiger partial charge in [-0.3, -0.25) is 4.98 Å². The molecule has 1 unspecified atom stereocenters. The van der Waals surface area contributed by atoms with Gasteiger partial charge in [0.15, 0.2) is 0 Å². The monoisotopic (exact) mass is 358 g/mol. The van der Waals surface area contributed by atoms with Crippen molar-refractivity contribution in [3.05, 3.63) is 35.4 Å². The van der Waals surface area contributed by atoms with Gasteiger partial charge in [-0.1, -0.05) is 67.2 Å². The number of halogens is 1. The van der Waals surface area contributed by atoms with Gasteiger partial charge in [0.1, 0.15) is 5.82 Å². The smallest absolute Gasteiger partial charge is 0.129 e. The van der Waals surface area contributed by atoms with E-state index in [9.17, 15) is 4.39 Å². The van der Waals surface area contributed by atoms with E-state index in [0.29, 0.717) is 5.52 Å². The fourth-order valence-corrected chi connectivity index (χ4v) is 3.46. The summed E-state index contributed by atoms with van der Waals surface area (Å²) in [6, 6.07) is 3.46. The summed E-state index contributed by atoms with van der Waals surface area (Å²) in [4.78, 5) is 9.48. The minimum atomic E-state index is -0.199. The van der Waals surface area contributed by atoms with Gasteiger partial charge in [-0.15, -0.1) is 0 Å². The van der Waals surface area contributed by atoms with Crippen LogP contribution in [0.4, 0.5) is 4.39 Å². The molecule has 1 atom stereocenters. The first-order valence-electron chi connectivity index (χ1n) is 10.2. The van der Waals surface area contributed by atoms with Gasteiger partial charge in [0.2, 0.25) is 0 Å². The van der Waals surface area contributed by atoms with Crippen molar-refractivity contribution in [3.63, 3.8) is 0 Å². The molecule has 2 aromatic rings. The average Bonchev–Trinajstić information content (AvgIpc) is 2.63. The molecule has 0 N–H and O–H groups in total. The predicted octanol–water partition coefficient (Wildman–Crippen LogP) is 7.09. The third kappa shape index (κ3) is 4.42. The van der Waals surface area contributed by atoms with Crippen LogP contribution in [0.5, 0.6) is 0 Å². The first kappa shape index (κ1) is 20.8. The third-order valence-corrected chi connectivity index (χ3v) is 6.22. The number of benzene rings is 1. The lowest BCUT2D eigenvalue weighted by Gasteiger charge is -2.28. The summed E-state index contributed by atoms with van der Waals surface area (Å²) in [5.74, 6) is -0.169. The molecule has 0 fully saturated rings. The summed E-state index contributed by atoms with van der Waals surface area (Å²) < 4.78 is 14.7. The van der Waals surface area contributed by atoms with E-state index in [1.165, 1.54) is 25.7 Å². The summed E-state index contributed by atoms with van der Waals surface area (Å²) >= 11 is 0. The largest absolute Gasteiger partial charge is 0.253 e. The fraction of sp³-hybridized carbons (Fsp3) is 0.652. The number of hydrogen-bond donors (Lipinski definition) is 0. The molecule has 0 saturated heterocycles. The van der Waals surface area contributed by atoms with Crippen LogP contribution in [0.25, 0.3) is 11.0 Å². The van der Waals surface area contributed by atoms with Crippen LogP contribution in [-0.2, 0) is 10.8 Å². The minimum Gasteiger partial charge on any atom is -0.253 e. The molecule has 1 aromatic heterocycles. The van der Waals surface area contributed by atoms with Gasteiger partial charge in [0.25, 0.3) is 0 Å². The fourth-order valence-electron chi connectivity index (χ4n) is 3.46. The van der Waals surface area contributed by atoms with Crippen molar-refractivity contribution in [1.29, 1.82) is 0 Å². The second kappa shape index (κ2) is 8.45. The minimum absolute atomic E-state index is 0.00671. The van der Waals surface area contributed by atoms with Crippen LogP contribution in [0.3, 0.4) is 0 Å². The number of aromatic nitrogens is 2. The molecule has 1 heterocycles. The summed E-state index contributed by atoms with van der Waals surface area (Å²) in [5.41, 5.74) is 2.99. The number of nitrogens with zero attached hydrogens (tertiary/aromatic N) is 2. The van der Waals surface area contributed by atoms with Crippen molar-refractivity contribution >= 4 is 11.0 Å². The second-order valence-corrected chi connectivity index (χ2v) is 8.54. The van der Waals surface area contributed by atoms with Crippen molar-refractivity contribution in [2.45, 2.75) is 97.3 Å². The highest BCUT2D eigenvalue weighted by Crippen LogP contribution is 2.34. The normalized spacial score (nSPS) is 14.6. The Labute approximate surface area is 158 Å². The Bertz CT molecular complexity index is 738. The van der Waals surface area contributed by atoms with E-state index < -0.39 is 0 Å². The molecule has 0 amide bonds. The molecule has 144 valence electrons. The quantitative estimate of drug-likeness (QED) is 0.447. The Morgan fingerprint density at radius 1 is 0.923 bits per heavy atom. The summed E-state index contributed by atoms with van der Waals surface area (Å²) in [6.07, 6.45) is 9.90. The first-order chi connectivity index (χ1) is 12.3. The Morgan fingerprint density at radius 2 is 1.65 bits per heavy atom. The van der Waals surface area contributed by atoms with Crippen molar-refractivity contribution in [1.82, 2.24) is 9.97 Å². The molecule has 0 aliphatic carbocycles. The zero-order valence-electron chi connectivity index (χ0n) is 17.5. The maximum absolute atomic E-state index is 14.7. The van der Waals surface area contributed by atoms with E-state index in [0.717, 1.165) is 36.0 Å². The zero-order chi connectivity index (χ0) is 19.4. The highest BCUT2D eigenvalue weighted by atomic mass is 19.1. The maximum atomic E-state index is 14.7. The summed E-state index contributed by atoms with van der Waals surface area (Å²) in [7, 11) is 0. The Kier molecular flexibility index (Phi) is 6.76. The highest BCUT2D eigenvalue weighted by Gasteiger charge is 2.27. The number of rotatable bonds is 9. The Hall–Kier alpha value is -1.51. The van der Waals surface area contributed by atoms with Gasteiger partial charge in [-0.25, -0.2) is 9.37 Å². The van der Waals surface area contributed by atoms with Crippen LogP contribution in [0.2, 0.25) is 0 Å². The lowest BCUT2D eigenvalue weighted by atomic mass is 9.79. The number of fused-ring (bicyclic) bond motifs is 1. The van der Waals surface area contributed by atoms with Crippen molar-refractivity contribution in [3.8, 4) is 0 Å². The van der Waals surface area contributed by atoms with Crippen molar-refractivity contribution < 1.29 is 4.39 Å². The average molecular weight is 359 g/mol. The molecule has 0 spiro atoms. The molecular formula is C23H35FN2. The molecule has 26 heavy (non-hydrogen) atoms.